The molecule has 1 aromatic heterocycles. The summed E-state index contributed by atoms with van der Waals surface area (Å²) in [7, 11) is 0. The molecule has 2 aliphatic rings. The van der Waals surface area contributed by atoms with Crippen molar-refractivity contribution < 1.29 is 13.6 Å². The summed E-state index contributed by atoms with van der Waals surface area (Å²) in [6.07, 6.45) is 1.04. The molecular formula is C18H18F2N4O. The Labute approximate surface area is 143 Å². The van der Waals surface area contributed by atoms with Gasteiger partial charge in [-0.2, -0.15) is 10.1 Å². The fraction of sp³-hybridized carbons (Fsp3) is 0.389. The maximum absolute atomic E-state index is 13.8. The van der Waals surface area contributed by atoms with E-state index in [9.17, 15) is 13.6 Å². The molecule has 0 bridgehead atoms. The Hall–Kier alpha value is -2.57. The summed E-state index contributed by atoms with van der Waals surface area (Å²) in [6.45, 7) is 5.79. The van der Waals surface area contributed by atoms with Gasteiger partial charge in [0.25, 0.3) is 0 Å². The molecule has 2 aromatic rings. The Morgan fingerprint density at radius 1 is 1.20 bits per heavy atom. The molecule has 5 nitrogen and oxygen atoms in total. The molecule has 4 rings (SSSR count). The number of Topliss-reactive ketones (excluding diaryl/α,β-unsaturated/α-hetero) is 1. The van der Waals surface area contributed by atoms with E-state index in [1.54, 1.807) is 11.6 Å². The molecule has 2 heterocycles. The fourth-order valence-electron chi connectivity index (χ4n) is 3.76. The zero-order chi connectivity index (χ0) is 17.9. The first-order chi connectivity index (χ1) is 11.7. The lowest BCUT2D eigenvalue weighted by Crippen LogP contribution is -2.36. The van der Waals surface area contributed by atoms with Gasteiger partial charge in [0.1, 0.15) is 23.5 Å². The quantitative estimate of drug-likeness (QED) is 0.860. The number of anilines is 1. The minimum Gasteiger partial charge on any atom is -0.328 e. The average molecular weight is 344 g/mol. The molecule has 1 aromatic carbocycles. The second-order valence-electron chi connectivity index (χ2n) is 7.49. The number of halogens is 2. The van der Waals surface area contributed by atoms with Gasteiger partial charge in [0.05, 0.1) is 0 Å². The number of nitrogens with zero attached hydrogens (tertiary/aromatic N) is 3. The highest BCUT2D eigenvalue weighted by atomic mass is 19.1. The first-order valence-corrected chi connectivity index (χ1v) is 8.16. The maximum atomic E-state index is 13.8. The van der Waals surface area contributed by atoms with Crippen molar-refractivity contribution in [3.8, 4) is 0 Å². The van der Waals surface area contributed by atoms with Crippen molar-refractivity contribution in [3.63, 3.8) is 0 Å². The van der Waals surface area contributed by atoms with Gasteiger partial charge in [-0.25, -0.2) is 13.5 Å². The molecular weight excluding hydrogens is 326 g/mol. The molecule has 130 valence electrons. The minimum atomic E-state index is -0.683. The number of aromatic nitrogens is 3. The van der Waals surface area contributed by atoms with E-state index in [4.69, 9.17) is 0 Å². The third kappa shape index (κ3) is 2.63. The van der Waals surface area contributed by atoms with E-state index < -0.39 is 17.7 Å². The predicted molar refractivity (Wildman–Crippen MR) is 87.9 cm³/mol. The molecule has 1 N–H and O–H groups in total. The predicted octanol–water partition coefficient (Wildman–Crippen LogP) is 3.52. The summed E-state index contributed by atoms with van der Waals surface area (Å²) in [5.41, 5.74) is 1.45. The minimum absolute atomic E-state index is 0.0350. The number of allylic oxidation sites excluding steroid dienone is 2. The number of benzene rings is 1. The Kier molecular flexibility index (Phi) is 3.32. The van der Waals surface area contributed by atoms with Crippen LogP contribution in [-0.4, -0.2) is 20.5 Å². The van der Waals surface area contributed by atoms with Crippen molar-refractivity contribution >= 4 is 11.7 Å². The molecule has 0 unspecified atom stereocenters. The van der Waals surface area contributed by atoms with Crippen LogP contribution in [0.25, 0.3) is 0 Å². The molecule has 0 saturated carbocycles. The monoisotopic (exact) mass is 344 g/mol. The van der Waals surface area contributed by atoms with Crippen molar-refractivity contribution in [2.45, 2.75) is 39.7 Å². The van der Waals surface area contributed by atoms with E-state index in [0.717, 1.165) is 11.8 Å². The number of carbonyl (C=O) groups excluding carboxylic acids is 1. The highest BCUT2D eigenvalue weighted by Gasteiger charge is 2.41. The second kappa shape index (κ2) is 5.21. The number of aryl methyl sites for hydroxylation is 1. The van der Waals surface area contributed by atoms with Gasteiger partial charge in [-0.15, -0.1) is 0 Å². The van der Waals surface area contributed by atoms with E-state index in [0.29, 0.717) is 35.8 Å². The lowest BCUT2D eigenvalue weighted by atomic mass is 9.73. The van der Waals surface area contributed by atoms with Crippen LogP contribution < -0.4 is 5.32 Å². The van der Waals surface area contributed by atoms with Crippen LogP contribution >= 0.6 is 0 Å². The Balaban J connectivity index is 1.95. The summed E-state index contributed by atoms with van der Waals surface area (Å²) < 4.78 is 29.2. The molecule has 0 fully saturated rings. The first-order valence-electron chi connectivity index (χ1n) is 8.16. The molecule has 0 saturated heterocycles. The van der Waals surface area contributed by atoms with E-state index in [2.05, 4.69) is 15.4 Å². The molecule has 1 atom stereocenters. The standard InChI is InChI=1S/C18H18F2N4O/c1-9-21-17-22-13-7-18(2,3)8-14(25)15(13)16(24(17)23-9)10-4-11(19)6-12(20)5-10/h4-6,16H,7-8H2,1-3H3,(H,21,22,23)/t16-/m1/s1. The number of hydrogen-bond donors (Lipinski definition) is 1. The highest BCUT2D eigenvalue weighted by molar-refractivity contribution is 6.00. The second-order valence-corrected chi connectivity index (χ2v) is 7.49. The van der Waals surface area contributed by atoms with Gasteiger partial charge in [-0.1, -0.05) is 13.8 Å². The zero-order valence-corrected chi connectivity index (χ0v) is 14.2. The lowest BCUT2D eigenvalue weighted by Gasteiger charge is -2.38. The van der Waals surface area contributed by atoms with Crippen LogP contribution in [0.3, 0.4) is 0 Å². The van der Waals surface area contributed by atoms with Crippen LogP contribution in [0.1, 0.15) is 44.1 Å². The third-order valence-corrected chi connectivity index (χ3v) is 4.64. The number of carbonyl (C=O) groups is 1. The van der Waals surface area contributed by atoms with Gasteiger partial charge in [0.2, 0.25) is 5.95 Å². The number of ketones is 1. The van der Waals surface area contributed by atoms with Crippen molar-refractivity contribution in [2.75, 3.05) is 5.32 Å². The van der Waals surface area contributed by atoms with Crippen LogP contribution in [0.4, 0.5) is 14.7 Å². The van der Waals surface area contributed by atoms with Gasteiger partial charge < -0.3 is 5.32 Å². The van der Waals surface area contributed by atoms with E-state index in [-0.39, 0.29) is 11.2 Å². The number of fused-ring (bicyclic) bond motifs is 1. The van der Waals surface area contributed by atoms with Gasteiger partial charge in [-0.3, -0.25) is 4.79 Å². The van der Waals surface area contributed by atoms with E-state index in [1.165, 1.54) is 12.1 Å². The SMILES string of the molecule is Cc1nc2n(n1)[C@H](c1cc(F)cc(F)c1)C1=C(CC(C)(C)CC1=O)N2. The van der Waals surface area contributed by atoms with E-state index in [1.807, 2.05) is 13.8 Å². The van der Waals surface area contributed by atoms with Crippen LogP contribution in [-0.2, 0) is 4.79 Å². The molecule has 1 aliphatic carbocycles. The van der Waals surface area contributed by atoms with Crippen LogP contribution in [0, 0.1) is 24.0 Å². The highest BCUT2D eigenvalue weighted by Crippen LogP contribution is 2.45. The third-order valence-electron chi connectivity index (χ3n) is 4.64. The zero-order valence-electron chi connectivity index (χ0n) is 14.2. The largest absolute Gasteiger partial charge is 0.328 e. The normalized spacial score (nSPS) is 21.6. The topological polar surface area (TPSA) is 59.8 Å². The van der Waals surface area contributed by atoms with Crippen LogP contribution in [0.5, 0.6) is 0 Å². The lowest BCUT2D eigenvalue weighted by molar-refractivity contribution is -0.118. The Morgan fingerprint density at radius 3 is 2.56 bits per heavy atom. The summed E-state index contributed by atoms with van der Waals surface area (Å²) in [5, 5.41) is 7.54. The van der Waals surface area contributed by atoms with Crippen molar-refractivity contribution in [2.24, 2.45) is 5.41 Å². The molecule has 0 radical (unpaired) electrons. The molecule has 0 amide bonds. The summed E-state index contributed by atoms with van der Waals surface area (Å²) in [6, 6.07) is 2.63. The molecule has 7 heteroatoms. The summed E-state index contributed by atoms with van der Waals surface area (Å²) in [4.78, 5) is 17.2. The van der Waals surface area contributed by atoms with Gasteiger partial charge in [0.15, 0.2) is 5.78 Å². The average Bonchev–Trinajstić information content (AvgIpc) is 2.82. The maximum Gasteiger partial charge on any atom is 0.226 e. The van der Waals surface area contributed by atoms with Crippen molar-refractivity contribution in [3.05, 3.63) is 52.5 Å². The smallest absolute Gasteiger partial charge is 0.226 e. The number of nitrogens with one attached hydrogen (secondary N) is 1. The Morgan fingerprint density at radius 2 is 1.88 bits per heavy atom. The van der Waals surface area contributed by atoms with Crippen molar-refractivity contribution in [1.82, 2.24) is 14.8 Å². The van der Waals surface area contributed by atoms with Crippen LogP contribution in [0.2, 0.25) is 0 Å². The van der Waals surface area contributed by atoms with Crippen LogP contribution in [0.15, 0.2) is 29.5 Å². The summed E-state index contributed by atoms with van der Waals surface area (Å²) in [5.74, 6) is -0.394. The summed E-state index contributed by atoms with van der Waals surface area (Å²) >= 11 is 0. The first kappa shape index (κ1) is 15.9. The fourth-order valence-corrected chi connectivity index (χ4v) is 3.76. The van der Waals surface area contributed by atoms with Crippen molar-refractivity contribution in [1.29, 1.82) is 0 Å². The molecule has 1 aliphatic heterocycles. The Bertz CT molecular complexity index is 909. The van der Waals surface area contributed by atoms with Gasteiger partial charge in [0, 0.05) is 23.8 Å². The molecule has 25 heavy (non-hydrogen) atoms. The molecule has 0 spiro atoms. The van der Waals surface area contributed by atoms with E-state index >= 15 is 0 Å². The number of rotatable bonds is 1. The van der Waals surface area contributed by atoms with Gasteiger partial charge in [-0.05, 0) is 36.5 Å². The number of hydrogen-bond acceptors (Lipinski definition) is 4. The van der Waals surface area contributed by atoms with Gasteiger partial charge >= 0.3 is 0 Å².